The third-order valence-corrected chi connectivity index (χ3v) is 4.46. The highest BCUT2D eigenvalue weighted by Gasteiger charge is 2.14. The maximum atomic E-state index is 11.9. The van der Waals surface area contributed by atoms with E-state index >= 15 is 0 Å². The molecular weight excluding hydrogens is 262 g/mol. The van der Waals surface area contributed by atoms with Crippen LogP contribution in [0, 0.1) is 0 Å². The normalized spacial score (nSPS) is 15.1. The van der Waals surface area contributed by atoms with Gasteiger partial charge in [-0.2, -0.15) is 0 Å². The molecule has 1 aromatic rings. The van der Waals surface area contributed by atoms with Gasteiger partial charge in [0.25, 0.3) is 0 Å². The van der Waals surface area contributed by atoms with Crippen LogP contribution in [0.15, 0.2) is 33.6 Å². The average molecular weight is 276 g/mol. The topological polar surface area (TPSA) is 43.1 Å². The second-order valence-corrected chi connectivity index (χ2v) is 5.67. The van der Waals surface area contributed by atoms with E-state index in [2.05, 4.69) is 15.9 Å². The minimum Gasteiger partial charge on any atom is -0.329 e. The maximum Gasteiger partial charge on any atom is 0.0573 e. The number of rotatable bonds is 4. The molecule has 0 saturated heterocycles. The van der Waals surface area contributed by atoms with Crippen molar-refractivity contribution in [3.8, 4) is 0 Å². The van der Waals surface area contributed by atoms with Crippen molar-refractivity contribution in [2.75, 3.05) is 6.54 Å². The largest absolute Gasteiger partial charge is 0.329 e. The van der Waals surface area contributed by atoms with Crippen molar-refractivity contribution in [1.82, 2.24) is 0 Å². The van der Waals surface area contributed by atoms with Crippen molar-refractivity contribution < 1.29 is 4.21 Å². The lowest BCUT2D eigenvalue weighted by atomic mass is 10.3. The van der Waals surface area contributed by atoms with Crippen molar-refractivity contribution in [3.05, 3.63) is 28.7 Å². The van der Waals surface area contributed by atoms with Gasteiger partial charge in [0.15, 0.2) is 0 Å². The molecule has 0 spiro atoms. The van der Waals surface area contributed by atoms with Gasteiger partial charge in [0.2, 0.25) is 0 Å². The zero-order valence-corrected chi connectivity index (χ0v) is 10.5. The molecule has 0 amide bonds. The van der Waals surface area contributed by atoms with Crippen LogP contribution in [0.4, 0.5) is 0 Å². The SMILES string of the molecule is CCC(CN)S(=O)c1ccc(Br)cc1. The molecule has 0 heterocycles. The van der Waals surface area contributed by atoms with Crippen LogP contribution in [0.1, 0.15) is 13.3 Å². The van der Waals surface area contributed by atoms with Crippen LogP contribution >= 0.6 is 15.9 Å². The molecule has 1 rings (SSSR count). The van der Waals surface area contributed by atoms with E-state index < -0.39 is 10.8 Å². The molecule has 0 aliphatic carbocycles. The first-order chi connectivity index (χ1) is 6.69. The Morgan fingerprint density at radius 2 is 2.00 bits per heavy atom. The molecule has 2 atom stereocenters. The summed E-state index contributed by atoms with van der Waals surface area (Å²) < 4.78 is 12.9. The van der Waals surface area contributed by atoms with Crippen LogP contribution in [0.25, 0.3) is 0 Å². The quantitative estimate of drug-likeness (QED) is 0.917. The lowest BCUT2D eigenvalue weighted by Crippen LogP contribution is -2.24. The van der Waals surface area contributed by atoms with Crippen LogP contribution < -0.4 is 5.73 Å². The second kappa shape index (κ2) is 5.63. The fourth-order valence-corrected chi connectivity index (χ4v) is 2.70. The number of halogens is 1. The third kappa shape index (κ3) is 2.90. The van der Waals surface area contributed by atoms with Gasteiger partial charge in [0.05, 0.1) is 16.0 Å². The van der Waals surface area contributed by atoms with Gasteiger partial charge in [-0.05, 0) is 30.7 Å². The highest BCUT2D eigenvalue weighted by molar-refractivity contribution is 9.10. The standard InChI is InChI=1S/C10H14BrNOS/c1-2-9(7-12)14(13)10-5-3-8(11)4-6-10/h3-6,9H,2,7,12H2,1H3. The van der Waals surface area contributed by atoms with E-state index in [1.54, 1.807) is 0 Å². The summed E-state index contributed by atoms with van der Waals surface area (Å²) in [5.41, 5.74) is 5.55. The van der Waals surface area contributed by atoms with Crippen LogP contribution in [-0.4, -0.2) is 16.0 Å². The molecule has 2 unspecified atom stereocenters. The summed E-state index contributed by atoms with van der Waals surface area (Å²) in [5.74, 6) is 0. The van der Waals surface area contributed by atoms with Crippen LogP contribution in [0.2, 0.25) is 0 Å². The van der Waals surface area contributed by atoms with Crippen molar-refractivity contribution in [1.29, 1.82) is 0 Å². The van der Waals surface area contributed by atoms with E-state index in [0.717, 1.165) is 15.8 Å². The number of benzene rings is 1. The van der Waals surface area contributed by atoms with E-state index in [0.29, 0.717) is 6.54 Å². The zero-order chi connectivity index (χ0) is 10.6. The Hall–Kier alpha value is -0.190. The van der Waals surface area contributed by atoms with Crippen molar-refractivity contribution in [2.45, 2.75) is 23.5 Å². The first-order valence-corrected chi connectivity index (χ1v) is 6.55. The Morgan fingerprint density at radius 1 is 1.43 bits per heavy atom. The second-order valence-electron chi connectivity index (χ2n) is 3.02. The molecule has 0 radical (unpaired) electrons. The Kier molecular flexibility index (Phi) is 4.78. The molecule has 0 aromatic heterocycles. The Morgan fingerprint density at radius 3 is 2.43 bits per heavy atom. The summed E-state index contributed by atoms with van der Waals surface area (Å²) >= 11 is 3.34. The van der Waals surface area contributed by atoms with Gasteiger partial charge in [-0.1, -0.05) is 22.9 Å². The Balaban J connectivity index is 2.83. The molecule has 0 fully saturated rings. The molecule has 0 aliphatic heterocycles. The molecular formula is C10H14BrNOS. The summed E-state index contributed by atoms with van der Waals surface area (Å²) in [4.78, 5) is 0.852. The molecule has 0 aliphatic rings. The molecule has 4 heteroatoms. The predicted octanol–water partition coefficient (Wildman–Crippen LogP) is 2.29. The highest BCUT2D eigenvalue weighted by atomic mass is 79.9. The van der Waals surface area contributed by atoms with Gasteiger partial charge in [-0.15, -0.1) is 0 Å². The van der Waals surface area contributed by atoms with Gasteiger partial charge >= 0.3 is 0 Å². The molecule has 2 N–H and O–H groups in total. The molecule has 0 bridgehead atoms. The van der Waals surface area contributed by atoms with Crippen molar-refractivity contribution >= 4 is 26.7 Å². The minimum atomic E-state index is -0.975. The third-order valence-electron chi connectivity index (χ3n) is 2.07. The predicted molar refractivity (Wildman–Crippen MR) is 63.7 cm³/mol. The molecule has 1 aromatic carbocycles. The first-order valence-electron chi connectivity index (χ1n) is 4.55. The average Bonchev–Trinajstić information content (AvgIpc) is 2.20. The van der Waals surface area contributed by atoms with E-state index in [1.807, 2.05) is 31.2 Å². The monoisotopic (exact) mass is 275 g/mol. The summed E-state index contributed by atoms with van der Waals surface area (Å²) in [7, 11) is -0.975. The van der Waals surface area contributed by atoms with Crippen molar-refractivity contribution in [3.63, 3.8) is 0 Å². The van der Waals surface area contributed by atoms with Crippen LogP contribution in [0.5, 0.6) is 0 Å². The van der Waals surface area contributed by atoms with E-state index in [1.165, 1.54) is 0 Å². The molecule has 14 heavy (non-hydrogen) atoms. The number of hydrogen-bond donors (Lipinski definition) is 1. The van der Waals surface area contributed by atoms with Gasteiger partial charge in [0.1, 0.15) is 0 Å². The lowest BCUT2D eigenvalue weighted by molar-refractivity contribution is 0.664. The summed E-state index contributed by atoms with van der Waals surface area (Å²) in [6, 6.07) is 7.55. The smallest absolute Gasteiger partial charge is 0.0573 e. The zero-order valence-electron chi connectivity index (χ0n) is 8.07. The fraction of sp³-hybridized carbons (Fsp3) is 0.400. The molecule has 78 valence electrons. The van der Waals surface area contributed by atoms with Crippen LogP contribution in [0.3, 0.4) is 0 Å². The number of nitrogens with two attached hydrogens (primary N) is 1. The highest BCUT2D eigenvalue weighted by Crippen LogP contribution is 2.16. The lowest BCUT2D eigenvalue weighted by Gasteiger charge is -2.11. The van der Waals surface area contributed by atoms with Gasteiger partial charge in [0, 0.05) is 15.9 Å². The summed E-state index contributed by atoms with van der Waals surface area (Å²) in [5, 5.41) is 0.0659. The summed E-state index contributed by atoms with van der Waals surface area (Å²) in [6.07, 6.45) is 0.846. The van der Waals surface area contributed by atoms with Gasteiger partial charge < -0.3 is 5.73 Å². The summed E-state index contributed by atoms with van der Waals surface area (Å²) in [6.45, 7) is 2.48. The van der Waals surface area contributed by atoms with Crippen molar-refractivity contribution in [2.24, 2.45) is 5.73 Å². The van der Waals surface area contributed by atoms with E-state index in [-0.39, 0.29) is 5.25 Å². The van der Waals surface area contributed by atoms with Gasteiger partial charge in [-0.3, -0.25) is 4.21 Å². The minimum absolute atomic E-state index is 0.0659. The fourth-order valence-electron chi connectivity index (χ4n) is 1.17. The molecule has 0 saturated carbocycles. The first kappa shape index (κ1) is 11.9. The van der Waals surface area contributed by atoms with E-state index in [4.69, 9.17) is 5.73 Å². The Labute approximate surface area is 95.5 Å². The van der Waals surface area contributed by atoms with Crippen LogP contribution in [-0.2, 0) is 10.8 Å². The van der Waals surface area contributed by atoms with Gasteiger partial charge in [-0.25, -0.2) is 0 Å². The molecule has 2 nitrogen and oxygen atoms in total. The Bertz CT molecular complexity index is 308. The maximum absolute atomic E-state index is 11.9. The number of hydrogen-bond acceptors (Lipinski definition) is 2. The van der Waals surface area contributed by atoms with E-state index in [9.17, 15) is 4.21 Å².